The van der Waals surface area contributed by atoms with Gasteiger partial charge in [0, 0.05) is 29.1 Å². The van der Waals surface area contributed by atoms with Gasteiger partial charge in [0.25, 0.3) is 5.56 Å². The van der Waals surface area contributed by atoms with Crippen molar-refractivity contribution in [1.82, 2.24) is 9.55 Å². The molecule has 0 aliphatic heterocycles. The van der Waals surface area contributed by atoms with Crippen molar-refractivity contribution in [3.05, 3.63) is 82.4 Å². The quantitative estimate of drug-likeness (QED) is 0.726. The molecule has 22 heavy (non-hydrogen) atoms. The zero-order valence-corrected chi connectivity index (χ0v) is 11.8. The number of pyridine rings is 2. The molecule has 0 radical (unpaired) electrons. The fraction of sp³-hybridized carbons (Fsp3) is 0.0588. The second kappa shape index (κ2) is 5.52. The number of aromatic nitrogens is 2. The second-order valence-corrected chi connectivity index (χ2v) is 4.83. The number of hydrogen-bond donors (Lipinski definition) is 0. The minimum Gasteiger partial charge on any atom is -0.281 e. The molecule has 5 heteroatoms. The number of rotatable bonds is 2. The Balaban J connectivity index is 2.26. The molecule has 0 amide bonds. The van der Waals surface area contributed by atoms with Crippen LogP contribution in [-0.2, 0) is 0 Å². The fourth-order valence-electron chi connectivity index (χ4n) is 2.40. The molecule has 3 rings (SSSR count). The van der Waals surface area contributed by atoms with Gasteiger partial charge in [0.15, 0.2) is 5.82 Å². The van der Waals surface area contributed by atoms with Gasteiger partial charge in [-0.05, 0) is 25.1 Å². The Morgan fingerprint density at radius 1 is 1.05 bits per heavy atom. The summed E-state index contributed by atoms with van der Waals surface area (Å²) in [6.45, 7) is 1.70. The van der Waals surface area contributed by atoms with E-state index in [1.54, 1.807) is 19.1 Å². The van der Waals surface area contributed by atoms with Crippen LogP contribution in [0.4, 0.5) is 8.78 Å². The van der Waals surface area contributed by atoms with E-state index in [9.17, 15) is 13.6 Å². The van der Waals surface area contributed by atoms with Crippen molar-refractivity contribution in [1.29, 1.82) is 0 Å². The fourth-order valence-corrected chi connectivity index (χ4v) is 2.40. The van der Waals surface area contributed by atoms with Gasteiger partial charge < -0.3 is 0 Å². The number of hydrogen-bond acceptors (Lipinski definition) is 2. The Hall–Kier alpha value is -2.82. The van der Waals surface area contributed by atoms with Crippen LogP contribution >= 0.6 is 0 Å². The Bertz CT molecular complexity index is 889. The van der Waals surface area contributed by atoms with Crippen LogP contribution in [0.1, 0.15) is 5.69 Å². The summed E-state index contributed by atoms with van der Waals surface area (Å²) in [5.74, 6) is -1.50. The molecule has 0 saturated heterocycles. The average molecular weight is 298 g/mol. The molecule has 0 saturated carbocycles. The smallest absolute Gasteiger partial charge is 0.255 e. The van der Waals surface area contributed by atoms with Gasteiger partial charge in [-0.2, -0.15) is 0 Å². The third-order valence-corrected chi connectivity index (χ3v) is 3.42. The lowest BCUT2D eigenvalue weighted by molar-refractivity contribution is 0.576. The van der Waals surface area contributed by atoms with Gasteiger partial charge in [-0.15, -0.1) is 0 Å². The van der Waals surface area contributed by atoms with Crippen LogP contribution in [0.15, 0.2) is 59.5 Å². The summed E-state index contributed by atoms with van der Waals surface area (Å²) < 4.78 is 28.4. The number of benzene rings is 1. The van der Waals surface area contributed by atoms with E-state index in [0.29, 0.717) is 16.9 Å². The Morgan fingerprint density at radius 3 is 2.45 bits per heavy atom. The highest BCUT2D eigenvalue weighted by Crippen LogP contribution is 2.24. The van der Waals surface area contributed by atoms with Gasteiger partial charge in [-0.25, -0.2) is 8.78 Å². The van der Waals surface area contributed by atoms with E-state index in [-0.39, 0.29) is 11.3 Å². The molecule has 2 aromatic heterocycles. The van der Waals surface area contributed by atoms with E-state index in [4.69, 9.17) is 0 Å². The van der Waals surface area contributed by atoms with E-state index >= 15 is 0 Å². The molecule has 110 valence electrons. The first-order valence-corrected chi connectivity index (χ1v) is 6.67. The third-order valence-electron chi connectivity index (χ3n) is 3.42. The zero-order chi connectivity index (χ0) is 15.7. The van der Waals surface area contributed by atoms with E-state index < -0.39 is 11.6 Å². The minimum absolute atomic E-state index is 0.0172. The summed E-state index contributed by atoms with van der Waals surface area (Å²) >= 11 is 0. The highest BCUT2D eigenvalue weighted by atomic mass is 19.1. The van der Waals surface area contributed by atoms with Gasteiger partial charge in [0.1, 0.15) is 11.5 Å². The zero-order valence-electron chi connectivity index (χ0n) is 11.8. The number of para-hydroxylation sites is 1. The maximum atomic E-state index is 14.0. The normalized spacial score (nSPS) is 10.7. The van der Waals surface area contributed by atoms with E-state index in [0.717, 1.165) is 12.3 Å². The topological polar surface area (TPSA) is 34.9 Å². The van der Waals surface area contributed by atoms with Crippen molar-refractivity contribution in [2.45, 2.75) is 6.92 Å². The molecule has 3 aromatic rings. The van der Waals surface area contributed by atoms with E-state index in [1.807, 2.05) is 18.2 Å². The lowest BCUT2D eigenvalue weighted by Crippen LogP contribution is -2.20. The summed E-state index contributed by atoms with van der Waals surface area (Å²) in [5.41, 5.74) is 1.45. The molecule has 0 N–H and O–H groups in total. The summed E-state index contributed by atoms with van der Waals surface area (Å²) in [6, 6.07) is 12.7. The van der Waals surface area contributed by atoms with Crippen molar-refractivity contribution >= 4 is 0 Å². The standard InChI is InChI=1S/C17H12F2N2O/c1-11-14(17-15(19)9-12(18)10-20-17)7-8-16(22)21(11)13-5-3-2-4-6-13/h2-10H,1H3. The van der Waals surface area contributed by atoms with Crippen molar-refractivity contribution < 1.29 is 8.78 Å². The predicted molar refractivity (Wildman–Crippen MR) is 79.9 cm³/mol. The molecule has 0 fully saturated rings. The van der Waals surface area contributed by atoms with Crippen molar-refractivity contribution in [3.63, 3.8) is 0 Å². The molecule has 0 spiro atoms. The third kappa shape index (κ3) is 2.41. The summed E-state index contributed by atoms with van der Waals surface area (Å²) in [6.07, 6.45) is 0.954. The Kier molecular flexibility index (Phi) is 3.55. The van der Waals surface area contributed by atoms with E-state index in [1.165, 1.54) is 16.7 Å². The summed E-state index contributed by atoms with van der Waals surface area (Å²) in [7, 11) is 0. The summed E-state index contributed by atoms with van der Waals surface area (Å²) in [4.78, 5) is 16.0. The van der Waals surface area contributed by atoms with Crippen molar-refractivity contribution in [2.24, 2.45) is 0 Å². The van der Waals surface area contributed by atoms with Gasteiger partial charge in [0.2, 0.25) is 0 Å². The van der Waals surface area contributed by atoms with Gasteiger partial charge >= 0.3 is 0 Å². The molecular weight excluding hydrogens is 286 g/mol. The molecular formula is C17H12F2N2O. The summed E-state index contributed by atoms with van der Waals surface area (Å²) in [5, 5.41) is 0. The first kappa shape index (κ1) is 14.1. The molecule has 0 aliphatic rings. The van der Waals surface area contributed by atoms with Crippen molar-refractivity contribution in [3.8, 4) is 16.9 Å². The lowest BCUT2D eigenvalue weighted by atomic mass is 10.1. The van der Waals surface area contributed by atoms with Crippen molar-refractivity contribution in [2.75, 3.05) is 0 Å². The SMILES string of the molecule is Cc1c(-c2ncc(F)cc2F)ccc(=O)n1-c1ccccc1. The van der Waals surface area contributed by atoms with E-state index in [2.05, 4.69) is 4.98 Å². The van der Waals surface area contributed by atoms with Crippen LogP contribution in [-0.4, -0.2) is 9.55 Å². The van der Waals surface area contributed by atoms with Gasteiger partial charge in [-0.3, -0.25) is 14.3 Å². The maximum Gasteiger partial charge on any atom is 0.255 e. The highest BCUT2D eigenvalue weighted by Gasteiger charge is 2.14. The van der Waals surface area contributed by atoms with Crippen LogP contribution in [0.5, 0.6) is 0 Å². The largest absolute Gasteiger partial charge is 0.281 e. The monoisotopic (exact) mass is 298 g/mol. The van der Waals surface area contributed by atoms with Crippen LogP contribution in [0.25, 0.3) is 16.9 Å². The molecule has 0 unspecified atom stereocenters. The maximum absolute atomic E-state index is 14.0. The van der Waals surface area contributed by atoms with Crippen LogP contribution in [0.3, 0.4) is 0 Å². The van der Waals surface area contributed by atoms with Gasteiger partial charge in [0.05, 0.1) is 6.20 Å². The highest BCUT2D eigenvalue weighted by molar-refractivity contribution is 5.63. The lowest BCUT2D eigenvalue weighted by Gasteiger charge is -2.14. The number of halogens is 2. The minimum atomic E-state index is -0.763. The molecule has 0 aliphatic carbocycles. The molecule has 2 heterocycles. The first-order valence-electron chi connectivity index (χ1n) is 6.67. The molecule has 1 aromatic carbocycles. The van der Waals surface area contributed by atoms with Gasteiger partial charge in [-0.1, -0.05) is 18.2 Å². The predicted octanol–water partition coefficient (Wildman–Crippen LogP) is 3.49. The van der Waals surface area contributed by atoms with Crippen LogP contribution < -0.4 is 5.56 Å². The number of nitrogens with zero attached hydrogens (tertiary/aromatic N) is 2. The molecule has 0 atom stereocenters. The second-order valence-electron chi connectivity index (χ2n) is 4.83. The molecule has 0 bridgehead atoms. The molecule has 3 nitrogen and oxygen atoms in total. The van der Waals surface area contributed by atoms with Crippen LogP contribution in [0.2, 0.25) is 0 Å². The average Bonchev–Trinajstić information content (AvgIpc) is 2.50. The Morgan fingerprint density at radius 2 is 1.77 bits per heavy atom. The first-order chi connectivity index (χ1) is 10.6. The van der Waals surface area contributed by atoms with Crippen LogP contribution in [0, 0.1) is 18.6 Å². The Labute approximate surface area is 125 Å².